The first kappa shape index (κ1) is 31.2. The summed E-state index contributed by atoms with van der Waals surface area (Å²) in [6, 6.07) is 12.3. The minimum absolute atomic E-state index is 0.0498. The van der Waals surface area contributed by atoms with Gasteiger partial charge in [-0.2, -0.15) is 4.02 Å². The van der Waals surface area contributed by atoms with Gasteiger partial charge < -0.3 is 14.7 Å². The van der Waals surface area contributed by atoms with Crippen molar-refractivity contribution in [3.63, 3.8) is 0 Å². The van der Waals surface area contributed by atoms with Crippen LogP contribution >= 0.6 is 16.1 Å². The molecule has 2 aromatic carbocycles. The van der Waals surface area contributed by atoms with Crippen LogP contribution in [0, 0.1) is 5.92 Å². The van der Waals surface area contributed by atoms with Gasteiger partial charge in [-0.3, -0.25) is 4.79 Å². The maximum Gasteiger partial charge on any atom is 0.182 e. The lowest BCUT2D eigenvalue weighted by atomic mass is 9.78. The molecule has 1 N–H and O–H groups in total. The molecule has 214 valence electrons. The smallest absolute Gasteiger partial charge is 0.182 e. The molecular formula is C33H47BrN2O3. The molecule has 1 saturated heterocycles. The fourth-order valence-electron chi connectivity index (χ4n) is 5.58. The number of ether oxygens (including phenoxy) is 1. The van der Waals surface area contributed by atoms with Crippen LogP contribution in [0.25, 0.3) is 0 Å². The Morgan fingerprint density at radius 3 is 2.23 bits per heavy atom. The Labute approximate surface area is 244 Å². The molecule has 6 heteroatoms. The second-order valence-electron chi connectivity index (χ2n) is 13.3. The Morgan fingerprint density at radius 2 is 1.72 bits per heavy atom. The first-order valence-corrected chi connectivity index (χ1v) is 15.0. The fraction of sp³-hybridized carbons (Fsp3) is 0.576. The first-order chi connectivity index (χ1) is 18.1. The van der Waals surface area contributed by atoms with E-state index in [1.807, 2.05) is 38.1 Å². The standard InChI is InChI=1S/C33H47BrN2O3/c1-10-12-25-17-24(15-22-13-11-14-26(16-22)39-21(2)3)31(35-34)36(25)20-29(37)23-18-27(32(4,5)6)30(38)28(19-23)33(7,8)9/h11,13-14,16,18-19,21,24-25,38H,10,12,15,17,20H2,1-9H3/t24-,25+/m0/s1. The molecule has 0 unspecified atom stereocenters. The number of amidine groups is 1. The second kappa shape index (κ2) is 12.4. The molecular weight excluding hydrogens is 552 g/mol. The van der Waals surface area contributed by atoms with Gasteiger partial charge in [0.25, 0.3) is 0 Å². The number of rotatable bonds is 9. The molecule has 0 spiro atoms. The van der Waals surface area contributed by atoms with Crippen LogP contribution in [0.2, 0.25) is 0 Å². The second-order valence-corrected chi connectivity index (χ2v) is 13.7. The summed E-state index contributed by atoms with van der Waals surface area (Å²) in [6.45, 7) is 19.0. The Hall–Kier alpha value is -2.34. The van der Waals surface area contributed by atoms with Crippen LogP contribution in [-0.2, 0) is 17.3 Å². The zero-order valence-corrected chi connectivity index (χ0v) is 26.9. The molecule has 1 aliphatic rings. The topological polar surface area (TPSA) is 62.1 Å². The van der Waals surface area contributed by atoms with Gasteiger partial charge >= 0.3 is 0 Å². The lowest BCUT2D eigenvalue weighted by molar-refractivity contribution is 0.0950. The Bertz CT molecular complexity index is 1160. The summed E-state index contributed by atoms with van der Waals surface area (Å²) in [7, 11) is 0. The van der Waals surface area contributed by atoms with Gasteiger partial charge in [-0.25, -0.2) is 0 Å². The predicted octanol–water partition coefficient (Wildman–Crippen LogP) is 8.40. The van der Waals surface area contributed by atoms with Crippen molar-refractivity contribution in [3.05, 3.63) is 58.7 Å². The van der Waals surface area contributed by atoms with Crippen LogP contribution in [-0.4, -0.2) is 40.3 Å². The molecule has 1 heterocycles. The summed E-state index contributed by atoms with van der Waals surface area (Å²) in [5.74, 6) is 2.37. The quantitative estimate of drug-likeness (QED) is 0.294. The third-order valence-corrected chi connectivity index (χ3v) is 7.84. The first-order valence-electron chi connectivity index (χ1n) is 14.3. The van der Waals surface area contributed by atoms with Crippen molar-refractivity contribution in [3.8, 4) is 11.5 Å². The number of hydrogen-bond acceptors (Lipinski definition) is 4. The van der Waals surface area contributed by atoms with Gasteiger partial charge in [-0.15, -0.1) is 0 Å². The SMILES string of the molecule is CCC[C@@H]1C[C@H](Cc2cccc(OC(C)C)c2)C(=NBr)N1CC(=O)c1cc(C(C)(C)C)c(O)c(C(C)(C)C)c1. The van der Waals surface area contributed by atoms with Crippen LogP contribution in [0.4, 0.5) is 0 Å². The normalized spacial score (nSPS) is 19.3. The number of phenolic OH excluding ortho intramolecular Hbond substituents is 1. The predicted molar refractivity (Wildman–Crippen MR) is 166 cm³/mol. The van der Waals surface area contributed by atoms with Gasteiger partial charge in [0.2, 0.25) is 0 Å². The van der Waals surface area contributed by atoms with E-state index in [9.17, 15) is 9.90 Å². The van der Waals surface area contributed by atoms with E-state index in [0.29, 0.717) is 11.3 Å². The molecule has 1 aliphatic heterocycles. The van der Waals surface area contributed by atoms with E-state index < -0.39 is 0 Å². The Kier molecular flexibility index (Phi) is 9.96. The van der Waals surface area contributed by atoms with E-state index in [0.717, 1.165) is 48.4 Å². The minimum atomic E-state index is -0.292. The number of halogens is 1. The minimum Gasteiger partial charge on any atom is -0.507 e. The zero-order valence-electron chi connectivity index (χ0n) is 25.3. The van der Waals surface area contributed by atoms with Crippen LogP contribution in [0.15, 0.2) is 40.4 Å². The van der Waals surface area contributed by atoms with Gasteiger partial charge in [0, 0.05) is 28.7 Å². The number of aromatic hydroxyl groups is 1. The molecule has 5 nitrogen and oxygen atoms in total. The average Bonchev–Trinajstić information content (AvgIpc) is 3.12. The summed E-state index contributed by atoms with van der Waals surface area (Å²) in [4.78, 5) is 16.1. The number of carbonyl (C=O) groups excluding carboxylic acids is 1. The number of hydrogen-bond donors (Lipinski definition) is 1. The van der Waals surface area contributed by atoms with Gasteiger partial charge in [0.15, 0.2) is 5.78 Å². The van der Waals surface area contributed by atoms with E-state index in [4.69, 9.17) is 4.74 Å². The van der Waals surface area contributed by atoms with Gasteiger partial charge in [0.1, 0.15) is 17.3 Å². The molecule has 0 saturated carbocycles. The largest absolute Gasteiger partial charge is 0.507 e. The van der Waals surface area contributed by atoms with E-state index in [1.54, 1.807) is 0 Å². The number of likely N-dealkylation sites (tertiary alicyclic amines) is 1. The molecule has 0 aliphatic carbocycles. The van der Waals surface area contributed by atoms with E-state index in [2.05, 4.69) is 85.7 Å². The maximum atomic E-state index is 13.9. The number of ketones is 1. The average molecular weight is 600 g/mol. The van der Waals surface area contributed by atoms with Crippen LogP contribution < -0.4 is 4.74 Å². The monoisotopic (exact) mass is 598 g/mol. The number of Topliss-reactive ketones (excluding diaryl/α,β-unsaturated/α-hetero) is 1. The van der Waals surface area contributed by atoms with Gasteiger partial charge in [0.05, 0.1) is 28.8 Å². The molecule has 0 bridgehead atoms. The highest BCUT2D eigenvalue weighted by Crippen LogP contribution is 2.40. The fourth-order valence-corrected chi connectivity index (χ4v) is 6.07. The van der Waals surface area contributed by atoms with E-state index in [1.165, 1.54) is 5.56 Å². The zero-order chi connectivity index (χ0) is 29.1. The van der Waals surface area contributed by atoms with E-state index >= 15 is 0 Å². The Balaban J connectivity index is 1.92. The summed E-state index contributed by atoms with van der Waals surface area (Å²) in [5, 5.41) is 11.1. The molecule has 39 heavy (non-hydrogen) atoms. The van der Waals surface area contributed by atoms with Crippen molar-refractivity contribution in [2.24, 2.45) is 9.94 Å². The number of nitrogens with zero attached hydrogens (tertiary/aromatic N) is 2. The molecule has 2 aromatic rings. The van der Waals surface area contributed by atoms with Crippen LogP contribution in [0.5, 0.6) is 11.5 Å². The highest BCUT2D eigenvalue weighted by molar-refractivity contribution is 9.08. The number of benzene rings is 2. The number of phenols is 1. The van der Waals surface area contributed by atoms with Crippen molar-refractivity contribution < 1.29 is 14.6 Å². The lowest BCUT2D eigenvalue weighted by Crippen LogP contribution is -2.38. The molecule has 2 atom stereocenters. The van der Waals surface area contributed by atoms with Gasteiger partial charge in [-0.05, 0) is 73.8 Å². The summed E-state index contributed by atoms with van der Waals surface area (Å²) < 4.78 is 10.5. The third kappa shape index (κ3) is 7.65. The van der Waals surface area contributed by atoms with Crippen molar-refractivity contribution in [1.82, 2.24) is 4.90 Å². The van der Waals surface area contributed by atoms with Crippen LogP contribution in [0.3, 0.4) is 0 Å². The van der Waals surface area contributed by atoms with Crippen molar-refractivity contribution in [2.45, 2.75) is 111 Å². The van der Waals surface area contributed by atoms with E-state index in [-0.39, 0.29) is 41.2 Å². The summed E-state index contributed by atoms with van der Waals surface area (Å²) >= 11 is 3.40. The highest BCUT2D eigenvalue weighted by atomic mass is 79.9. The lowest BCUT2D eigenvalue weighted by Gasteiger charge is -2.29. The summed E-state index contributed by atoms with van der Waals surface area (Å²) in [5.41, 5.74) is 2.88. The highest BCUT2D eigenvalue weighted by Gasteiger charge is 2.38. The maximum absolute atomic E-state index is 13.9. The van der Waals surface area contributed by atoms with Crippen LogP contribution in [0.1, 0.15) is 109 Å². The third-order valence-electron chi connectivity index (χ3n) is 7.48. The summed E-state index contributed by atoms with van der Waals surface area (Å²) in [6.07, 6.45) is 3.96. The van der Waals surface area contributed by atoms with Crippen molar-refractivity contribution in [2.75, 3.05) is 6.54 Å². The number of carbonyl (C=O) groups is 1. The molecule has 0 radical (unpaired) electrons. The molecule has 1 fully saturated rings. The van der Waals surface area contributed by atoms with Crippen molar-refractivity contribution in [1.29, 1.82) is 0 Å². The molecule has 0 amide bonds. The molecule has 0 aromatic heterocycles. The van der Waals surface area contributed by atoms with Gasteiger partial charge in [-0.1, -0.05) is 67.0 Å². The molecule has 3 rings (SSSR count). The Morgan fingerprint density at radius 1 is 1.10 bits per heavy atom. The van der Waals surface area contributed by atoms with Crippen molar-refractivity contribution >= 4 is 27.8 Å².